The highest BCUT2D eigenvalue weighted by Crippen LogP contribution is 2.24. The van der Waals surface area contributed by atoms with Gasteiger partial charge in [0.05, 0.1) is 7.11 Å². The second-order valence-electron chi connectivity index (χ2n) is 5.55. The summed E-state index contributed by atoms with van der Waals surface area (Å²) in [7, 11) is 1.53. The molecule has 1 heterocycles. The molecule has 1 aromatic heterocycles. The Morgan fingerprint density at radius 1 is 1.04 bits per heavy atom. The van der Waals surface area contributed by atoms with E-state index in [2.05, 4.69) is 20.3 Å². The van der Waals surface area contributed by atoms with E-state index >= 15 is 0 Å². The van der Waals surface area contributed by atoms with Gasteiger partial charge in [-0.2, -0.15) is 9.98 Å². The largest absolute Gasteiger partial charge is 0.481 e. The molecule has 3 rings (SSSR count). The molecule has 7 nitrogen and oxygen atoms in total. The van der Waals surface area contributed by atoms with Gasteiger partial charge in [-0.1, -0.05) is 11.6 Å². The Kier molecular flexibility index (Phi) is 5.73. The topological polar surface area (TPSA) is 94.7 Å². The van der Waals surface area contributed by atoms with Crippen molar-refractivity contribution < 1.29 is 9.47 Å². The number of hydrogen-bond donors (Lipinski definition) is 2. The van der Waals surface area contributed by atoms with E-state index in [1.807, 2.05) is 31.2 Å². The van der Waals surface area contributed by atoms with Gasteiger partial charge in [0, 0.05) is 22.5 Å². The smallest absolute Gasteiger partial charge is 0.256 e. The van der Waals surface area contributed by atoms with Crippen molar-refractivity contribution in [2.45, 2.75) is 6.92 Å². The Labute approximate surface area is 161 Å². The molecule has 0 bridgehead atoms. The molecule has 0 unspecified atom stereocenters. The predicted octanol–water partition coefficient (Wildman–Crippen LogP) is 4.30. The summed E-state index contributed by atoms with van der Waals surface area (Å²) < 4.78 is 10.8. The lowest BCUT2D eigenvalue weighted by molar-refractivity contribution is 0.397. The Balaban J connectivity index is 1.66. The summed E-state index contributed by atoms with van der Waals surface area (Å²) in [5.41, 5.74) is 7.41. The van der Waals surface area contributed by atoms with Crippen LogP contribution in [0, 0.1) is 6.92 Å². The van der Waals surface area contributed by atoms with E-state index < -0.39 is 0 Å². The minimum Gasteiger partial charge on any atom is -0.481 e. The average Bonchev–Trinajstić information content (AvgIpc) is 2.64. The van der Waals surface area contributed by atoms with E-state index in [1.54, 1.807) is 30.3 Å². The highest BCUT2D eigenvalue weighted by Gasteiger charge is 2.03. The molecule has 0 aliphatic carbocycles. The highest BCUT2D eigenvalue weighted by atomic mass is 35.5. The van der Waals surface area contributed by atoms with Crippen molar-refractivity contribution in [1.29, 1.82) is 0 Å². The third kappa shape index (κ3) is 5.32. The van der Waals surface area contributed by atoms with Gasteiger partial charge in [0.2, 0.25) is 11.8 Å². The van der Waals surface area contributed by atoms with E-state index in [0.717, 1.165) is 11.4 Å². The second-order valence-corrected chi connectivity index (χ2v) is 5.99. The Hall–Kier alpha value is -3.32. The van der Waals surface area contributed by atoms with Crippen LogP contribution >= 0.6 is 11.6 Å². The molecule has 27 heavy (non-hydrogen) atoms. The van der Waals surface area contributed by atoms with E-state index in [9.17, 15) is 0 Å². The zero-order valence-corrected chi connectivity index (χ0v) is 15.6. The SMILES string of the molecule is COc1cc(C)nc(/N=C(\N)Nc2ccc(Oc3ccc(Cl)cc3)cc2)n1. The van der Waals surface area contributed by atoms with Gasteiger partial charge in [0.15, 0.2) is 0 Å². The van der Waals surface area contributed by atoms with E-state index in [0.29, 0.717) is 22.4 Å². The molecule has 0 atom stereocenters. The van der Waals surface area contributed by atoms with Crippen molar-refractivity contribution in [3.63, 3.8) is 0 Å². The summed E-state index contributed by atoms with van der Waals surface area (Å²) in [6.07, 6.45) is 0. The van der Waals surface area contributed by atoms with E-state index in [1.165, 1.54) is 7.11 Å². The lowest BCUT2D eigenvalue weighted by Crippen LogP contribution is -2.22. The number of rotatable bonds is 5. The number of aromatic nitrogens is 2. The fourth-order valence-electron chi connectivity index (χ4n) is 2.21. The molecule has 0 aliphatic heterocycles. The zero-order chi connectivity index (χ0) is 19.2. The molecule has 0 saturated heterocycles. The van der Waals surface area contributed by atoms with Crippen molar-refractivity contribution in [2.24, 2.45) is 10.7 Å². The van der Waals surface area contributed by atoms with Gasteiger partial charge in [-0.3, -0.25) is 0 Å². The zero-order valence-electron chi connectivity index (χ0n) is 14.8. The van der Waals surface area contributed by atoms with Crippen molar-refractivity contribution in [2.75, 3.05) is 12.4 Å². The molecule has 0 radical (unpaired) electrons. The van der Waals surface area contributed by atoms with Crippen molar-refractivity contribution in [3.05, 3.63) is 65.3 Å². The maximum absolute atomic E-state index is 5.93. The Morgan fingerprint density at radius 2 is 1.67 bits per heavy atom. The Morgan fingerprint density at radius 3 is 2.30 bits per heavy atom. The molecule has 0 spiro atoms. The van der Waals surface area contributed by atoms with Gasteiger partial charge >= 0.3 is 0 Å². The van der Waals surface area contributed by atoms with Crippen molar-refractivity contribution >= 4 is 29.2 Å². The van der Waals surface area contributed by atoms with Crippen LogP contribution in [0.1, 0.15) is 5.69 Å². The molecule has 2 aromatic carbocycles. The molecule has 0 fully saturated rings. The summed E-state index contributed by atoms with van der Waals surface area (Å²) >= 11 is 5.86. The van der Waals surface area contributed by atoms with Gasteiger partial charge < -0.3 is 20.5 Å². The lowest BCUT2D eigenvalue weighted by Gasteiger charge is -2.08. The third-order valence-corrected chi connectivity index (χ3v) is 3.68. The van der Waals surface area contributed by atoms with Crippen LogP contribution < -0.4 is 20.5 Å². The van der Waals surface area contributed by atoms with Crippen molar-refractivity contribution in [3.8, 4) is 17.4 Å². The highest BCUT2D eigenvalue weighted by molar-refractivity contribution is 6.30. The number of nitrogens with zero attached hydrogens (tertiary/aromatic N) is 3. The molecule has 3 N–H and O–H groups in total. The maximum atomic E-state index is 5.93. The minimum absolute atomic E-state index is 0.161. The van der Waals surface area contributed by atoms with Crippen LogP contribution in [-0.2, 0) is 0 Å². The second kappa shape index (κ2) is 8.37. The fraction of sp³-hybridized carbons (Fsp3) is 0.105. The molecule has 138 valence electrons. The van der Waals surface area contributed by atoms with Gasteiger partial charge in [0.25, 0.3) is 5.95 Å². The van der Waals surface area contributed by atoms with Gasteiger partial charge in [0.1, 0.15) is 11.5 Å². The number of halogens is 1. The summed E-state index contributed by atoms with van der Waals surface area (Å²) in [4.78, 5) is 12.5. The molecule has 0 aliphatic rings. The maximum Gasteiger partial charge on any atom is 0.256 e. The first-order chi connectivity index (χ1) is 13.0. The Bertz CT molecular complexity index is 943. The van der Waals surface area contributed by atoms with Crippen LogP contribution in [0.15, 0.2) is 59.6 Å². The number of nitrogens with one attached hydrogen (secondary N) is 1. The number of aliphatic imine (C=N–C) groups is 1. The summed E-state index contributed by atoms with van der Waals surface area (Å²) in [6.45, 7) is 1.83. The molecule has 0 amide bonds. The van der Waals surface area contributed by atoms with Gasteiger partial charge in [-0.25, -0.2) is 4.98 Å². The minimum atomic E-state index is 0.161. The predicted molar refractivity (Wildman–Crippen MR) is 106 cm³/mol. The van der Waals surface area contributed by atoms with Gasteiger partial charge in [-0.15, -0.1) is 0 Å². The standard InChI is InChI=1S/C19H18ClN5O2/c1-12-11-17(26-2)24-19(22-12)25-18(21)23-14-5-9-16(10-6-14)27-15-7-3-13(20)4-8-15/h3-11H,1-2H3,(H3,21,22,23,24,25). The number of ether oxygens (including phenoxy) is 2. The summed E-state index contributed by atoms with van der Waals surface area (Å²) in [5, 5.41) is 3.64. The van der Waals surface area contributed by atoms with Crippen LogP contribution in [0.4, 0.5) is 11.6 Å². The molecular weight excluding hydrogens is 366 g/mol. The normalized spacial score (nSPS) is 11.1. The van der Waals surface area contributed by atoms with Crippen LogP contribution in [0.25, 0.3) is 0 Å². The lowest BCUT2D eigenvalue weighted by atomic mass is 10.3. The quantitative estimate of drug-likeness (QED) is 0.504. The molecule has 8 heteroatoms. The number of guanidine groups is 1. The van der Waals surface area contributed by atoms with Gasteiger partial charge in [-0.05, 0) is 55.5 Å². The average molecular weight is 384 g/mol. The van der Waals surface area contributed by atoms with Crippen LogP contribution in [0.3, 0.4) is 0 Å². The number of methoxy groups -OCH3 is 1. The van der Waals surface area contributed by atoms with Crippen LogP contribution in [0.2, 0.25) is 5.02 Å². The number of aryl methyl sites for hydroxylation is 1. The third-order valence-electron chi connectivity index (χ3n) is 3.42. The first-order valence-corrected chi connectivity index (χ1v) is 8.44. The summed E-state index contributed by atoms with van der Waals surface area (Å²) in [6, 6.07) is 16.1. The molecular formula is C19H18ClN5O2. The number of nitrogens with two attached hydrogens (primary N) is 1. The van der Waals surface area contributed by atoms with Crippen LogP contribution in [0.5, 0.6) is 17.4 Å². The van der Waals surface area contributed by atoms with Crippen LogP contribution in [-0.4, -0.2) is 23.0 Å². The first kappa shape index (κ1) is 18.5. The molecule has 3 aromatic rings. The number of hydrogen-bond acceptors (Lipinski definition) is 5. The number of benzene rings is 2. The van der Waals surface area contributed by atoms with E-state index in [-0.39, 0.29) is 11.9 Å². The number of anilines is 1. The fourth-order valence-corrected chi connectivity index (χ4v) is 2.33. The monoisotopic (exact) mass is 383 g/mol. The summed E-state index contributed by atoms with van der Waals surface area (Å²) in [5.74, 6) is 2.20. The first-order valence-electron chi connectivity index (χ1n) is 8.06. The van der Waals surface area contributed by atoms with E-state index in [4.69, 9.17) is 26.8 Å². The molecule has 0 saturated carbocycles. The van der Waals surface area contributed by atoms with Crippen molar-refractivity contribution in [1.82, 2.24) is 9.97 Å².